The monoisotopic (exact) mass is 197 g/mol. The summed E-state index contributed by atoms with van der Waals surface area (Å²) >= 11 is 1.68. The van der Waals surface area contributed by atoms with Gasteiger partial charge in [-0.05, 0) is 19.5 Å². The summed E-state index contributed by atoms with van der Waals surface area (Å²) in [5, 5.41) is 4.19. The van der Waals surface area contributed by atoms with E-state index < -0.39 is 0 Å². The van der Waals surface area contributed by atoms with Crippen LogP contribution in [0.5, 0.6) is 0 Å². The lowest BCUT2D eigenvalue weighted by Crippen LogP contribution is -2.27. The highest BCUT2D eigenvalue weighted by atomic mass is 32.2. The lowest BCUT2D eigenvalue weighted by Gasteiger charge is -2.09. The first-order valence-electron chi connectivity index (χ1n) is 4.46. The molecule has 0 aliphatic carbocycles. The van der Waals surface area contributed by atoms with Gasteiger partial charge in [-0.25, -0.2) is 9.97 Å². The molecule has 13 heavy (non-hydrogen) atoms. The smallest absolute Gasteiger partial charge is 0.187 e. The Hall–Kier alpha value is -0.610. The third-order valence-corrected chi connectivity index (χ3v) is 2.69. The molecule has 1 atom stereocenters. The maximum Gasteiger partial charge on any atom is 0.187 e. The number of thioether (sulfide) groups is 1. The Balaban J connectivity index is 2.27. The molecule has 4 heteroatoms. The maximum atomic E-state index is 4.13. The van der Waals surface area contributed by atoms with Crippen molar-refractivity contribution in [1.82, 2.24) is 15.3 Å². The van der Waals surface area contributed by atoms with Crippen molar-refractivity contribution in [3.8, 4) is 0 Å². The van der Waals surface area contributed by atoms with E-state index in [1.165, 1.54) is 0 Å². The average Bonchev–Trinajstić information content (AvgIpc) is 2.17. The zero-order valence-corrected chi connectivity index (χ0v) is 8.84. The third-order valence-electron chi connectivity index (χ3n) is 1.56. The van der Waals surface area contributed by atoms with E-state index in [4.69, 9.17) is 0 Å². The Morgan fingerprint density at radius 1 is 1.46 bits per heavy atom. The van der Waals surface area contributed by atoms with Crippen molar-refractivity contribution in [3.05, 3.63) is 18.5 Å². The summed E-state index contributed by atoms with van der Waals surface area (Å²) in [6.07, 6.45) is 3.54. The Morgan fingerprint density at radius 2 is 2.15 bits per heavy atom. The fourth-order valence-corrected chi connectivity index (χ4v) is 1.75. The molecule has 1 heterocycles. The predicted molar refractivity (Wildman–Crippen MR) is 55.9 cm³/mol. The molecule has 1 unspecified atom stereocenters. The van der Waals surface area contributed by atoms with Crippen molar-refractivity contribution >= 4 is 11.8 Å². The Bertz CT molecular complexity index is 228. The fraction of sp³-hybridized carbons (Fsp3) is 0.556. The number of hydrogen-bond acceptors (Lipinski definition) is 4. The van der Waals surface area contributed by atoms with Gasteiger partial charge in [-0.3, -0.25) is 0 Å². The van der Waals surface area contributed by atoms with Crippen molar-refractivity contribution in [1.29, 1.82) is 0 Å². The van der Waals surface area contributed by atoms with Crippen LogP contribution in [0, 0.1) is 0 Å². The third kappa shape index (κ3) is 4.24. The largest absolute Gasteiger partial charge is 0.314 e. The topological polar surface area (TPSA) is 37.8 Å². The quantitative estimate of drug-likeness (QED) is 0.574. The first kappa shape index (κ1) is 10.5. The standard InChI is InChI=1S/C9H15N3S/c1-3-10-8(2)7-13-9-11-5-4-6-12-9/h4-6,8,10H,3,7H2,1-2H3. The minimum Gasteiger partial charge on any atom is -0.314 e. The van der Waals surface area contributed by atoms with Gasteiger partial charge in [0, 0.05) is 24.2 Å². The van der Waals surface area contributed by atoms with E-state index in [9.17, 15) is 0 Å². The van der Waals surface area contributed by atoms with E-state index >= 15 is 0 Å². The molecule has 0 aliphatic rings. The van der Waals surface area contributed by atoms with Gasteiger partial charge in [0.05, 0.1) is 0 Å². The van der Waals surface area contributed by atoms with Crippen LogP contribution in [-0.4, -0.2) is 28.3 Å². The molecule has 0 spiro atoms. The summed E-state index contributed by atoms with van der Waals surface area (Å²) in [6.45, 7) is 5.29. The minimum absolute atomic E-state index is 0.513. The Morgan fingerprint density at radius 3 is 2.77 bits per heavy atom. The van der Waals surface area contributed by atoms with Crippen LogP contribution >= 0.6 is 11.8 Å². The molecule has 3 nitrogen and oxygen atoms in total. The molecule has 0 saturated carbocycles. The van der Waals surface area contributed by atoms with Crippen LogP contribution in [0.15, 0.2) is 23.6 Å². The van der Waals surface area contributed by atoms with Gasteiger partial charge in [-0.15, -0.1) is 0 Å². The fourth-order valence-electron chi connectivity index (χ4n) is 0.967. The number of rotatable bonds is 5. The SMILES string of the molecule is CCNC(C)CSc1ncccn1. The molecule has 0 aliphatic heterocycles. The van der Waals surface area contributed by atoms with Gasteiger partial charge in [0.25, 0.3) is 0 Å². The van der Waals surface area contributed by atoms with Gasteiger partial charge in [0.1, 0.15) is 0 Å². The van der Waals surface area contributed by atoms with Gasteiger partial charge in [-0.2, -0.15) is 0 Å². The molecule has 0 aromatic carbocycles. The highest BCUT2D eigenvalue weighted by Gasteiger charge is 2.01. The zero-order chi connectivity index (χ0) is 9.52. The lowest BCUT2D eigenvalue weighted by atomic mass is 10.4. The summed E-state index contributed by atoms with van der Waals surface area (Å²) in [7, 11) is 0. The summed E-state index contributed by atoms with van der Waals surface area (Å²) in [6, 6.07) is 2.34. The molecule has 1 aromatic heterocycles. The summed E-state index contributed by atoms with van der Waals surface area (Å²) < 4.78 is 0. The molecular formula is C9H15N3S. The number of aromatic nitrogens is 2. The van der Waals surface area contributed by atoms with Crippen LogP contribution in [0.2, 0.25) is 0 Å². The van der Waals surface area contributed by atoms with Gasteiger partial charge in [0.2, 0.25) is 0 Å². The summed E-state index contributed by atoms with van der Waals surface area (Å²) in [5.41, 5.74) is 0. The molecule has 0 amide bonds. The molecule has 0 radical (unpaired) electrons. The van der Waals surface area contributed by atoms with E-state index in [-0.39, 0.29) is 0 Å². The van der Waals surface area contributed by atoms with Crippen LogP contribution in [0.25, 0.3) is 0 Å². The average molecular weight is 197 g/mol. The van der Waals surface area contributed by atoms with Gasteiger partial charge >= 0.3 is 0 Å². The van der Waals surface area contributed by atoms with Gasteiger partial charge < -0.3 is 5.32 Å². The Labute approximate surface area is 83.4 Å². The van der Waals surface area contributed by atoms with Crippen LogP contribution in [0.3, 0.4) is 0 Å². The Kier molecular flexibility index (Phi) is 4.78. The molecule has 1 aromatic rings. The molecule has 1 rings (SSSR count). The van der Waals surface area contributed by atoms with E-state index in [1.54, 1.807) is 24.2 Å². The van der Waals surface area contributed by atoms with Crippen molar-refractivity contribution in [2.75, 3.05) is 12.3 Å². The highest BCUT2D eigenvalue weighted by molar-refractivity contribution is 7.99. The number of nitrogens with one attached hydrogen (secondary N) is 1. The van der Waals surface area contributed by atoms with E-state index in [0.29, 0.717) is 6.04 Å². The first-order valence-corrected chi connectivity index (χ1v) is 5.44. The second kappa shape index (κ2) is 5.94. The highest BCUT2D eigenvalue weighted by Crippen LogP contribution is 2.11. The number of hydrogen-bond donors (Lipinski definition) is 1. The molecule has 1 N–H and O–H groups in total. The summed E-state index contributed by atoms with van der Waals surface area (Å²) in [5.74, 6) is 1.01. The molecule has 72 valence electrons. The maximum absolute atomic E-state index is 4.13. The molecule has 0 saturated heterocycles. The lowest BCUT2D eigenvalue weighted by molar-refractivity contribution is 0.619. The van der Waals surface area contributed by atoms with Gasteiger partial charge in [0.15, 0.2) is 5.16 Å². The van der Waals surface area contributed by atoms with Crippen LogP contribution in [0.4, 0.5) is 0 Å². The van der Waals surface area contributed by atoms with Crippen LogP contribution in [0.1, 0.15) is 13.8 Å². The predicted octanol–water partition coefficient (Wildman–Crippen LogP) is 1.57. The van der Waals surface area contributed by atoms with E-state index in [1.807, 2.05) is 6.07 Å². The van der Waals surface area contributed by atoms with Crippen molar-refractivity contribution in [2.24, 2.45) is 0 Å². The molecule has 0 fully saturated rings. The molecular weight excluding hydrogens is 182 g/mol. The van der Waals surface area contributed by atoms with Crippen molar-refractivity contribution in [2.45, 2.75) is 25.0 Å². The van der Waals surface area contributed by atoms with E-state index in [2.05, 4.69) is 29.1 Å². The van der Waals surface area contributed by atoms with Gasteiger partial charge in [-0.1, -0.05) is 18.7 Å². The zero-order valence-electron chi connectivity index (χ0n) is 8.03. The van der Waals surface area contributed by atoms with Crippen molar-refractivity contribution in [3.63, 3.8) is 0 Å². The minimum atomic E-state index is 0.513. The normalized spacial score (nSPS) is 12.8. The molecule has 0 bridgehead atoms. The second-order valence-corrected chi connectivity index (χ2v) is 3.79. The first-order chi connectivity index (χ1) is 6.33. The van der Waals surface area contributed by atoms with E-state index in [0.717, 1.165) is 17.5 Å². The van der Waals surface area contributed by atoms with Crippen LogP contribution in [-0.2, 0) is 0 Å². The second-order valence-electron chi connectivity index (χ2n) is 2.80. The summed E-state index contributed by atoms with van der Waals surface area (Å²) in [4.78, 5) is 8.27. The van der Waals surface area contributed by atoms with Crippen LogP contribution < -0.4 is 5.32 Å². The number of nitrogens with zero attached hydrogens (tertiary/aromatic N) is 2. The van der Waals surface area contributed by atoms with Crippen molar-refractivity contribution < 1.29 is 0 Å².